The van der Waals surface area contributed by atoms with Crippen LogP contribution in [0.1, 0.15) is 48.5 Å². The van der Waals surface area contributed by atoms with E-state index in [9.17, 15) is 23.1 Å². The minimum Gasteiger partial charge on any atom is 0 e. The van der Waals surface area contributed by atoms with Gasteiger partial charge in [-0.1, -0.05) is 39.4 Å². The molecule has 2 aromatic rings. The number of hydrogen-bond acceptors (Lipinski definition) is 6. The van der Waals surface area contributed by atoms with Crippen molar-refractivity contribution in [1.82, 2.24) is 4.98 Å². The molecule has 1 heterocycles. The van der Waals surface area contributed by atoms with E-state index in [0.29, 0.717) is 0 Å². The summed E-state index contributed by atoms with van der Waals surface area (Å²) in [5.74, 6) is -1.49. The molecule has 1 radical (unpaired) electrons. The summed E-state index contributed by atoms with van der Waals surface area (Å²) >= 11 is 7.39. The Morgan fingerprint density at radius 3 is 2.00 bits per heavy atom. The normalized spacial score (nSPS) is 10.0. The number of phenols is 1. The number of sulfone groups is 1. The van der Waals surface area contributed by atoms with Gasteiger partial charge in [-0.15, -0.1) is 12.1 Å². The number of anilines is 2. The van der Waals surface area contributed by atoms with Crippen molar-refractivity contribution in [2.24, 2.45) is 0 Å². The van der Waals surface area contributed by atoms with Gasteiger partial charge in [-0.25, -0.2) is 13.4 Å². The van der Waals surface area contributed by atoms with Crippen LogP contribution in [0.3, 0.4) is 0 Å². The van der Waals surface area contributed by atoms with E-state index >= 15 is 0 Å². The summed E-state index contributed by atoms with van der Waals surface area (Å²) in [7, 11) is -4.05. The van der Waals surface area contributed by atoms with Crippen LogP contribution in [-0.2, 0) is 57.1 Å². The zero-order valence-corrected chi connectivity index (χ0v) is 32.1. The molecule has 195 valence electrons. The molecule has 2 amide bonds. The van der Waals surface area contributed by atoms with Gasteiger partial charge < -0.3 is 15.7 Å². The molecule has 0 atom stereocenters. The van der Waals surface area contributed by atoms with E-state index in [1.165, 1.54) is 45.2 Å². The van der Waals surface area contributed by atoms with Crippen LogP contribution in [0.15, 0.2) is 41.6 Å². The molecule has 1 aromatic carbocycles. The van der Waals surface area contributed by atoms with E-state index in [4.69, 9.17) is 0 Å². The quantitative estimate of drug-likeness (QED) is 0.180. The maximum atomic E-state index is 12.7. The molecule has 0 aliphatic rings. The third kappa shape index (κ3) is 14.6. The molecule has 0 aliphatic carbocycles. The molecule has 0 saturated carbocycles. The van der Waals surface area contributed by atoms with E-state index in [1.807, 2.05) is 27.7 Å². The first kappa shape index (κ1) is 40.4. The summed E-state index contributed by atoms with van der Waals surface area (Å²) in [6.45, 7) is 11.8. The van der Waals surface area contributed by atoms with Crippen LogP contribution >= 0.6 is 59.9 Å². The van der Waals surface area contributed by atoms with Crippen LogP contribution in [0, 0.1) is 6.07 Å². The van der Waals surface area contributed by atoms with Gasteiger partial charge in [0.1, 0.15) is 0 Å². The fourth-order valence-corrected chi connectivity index (χ4v) is 3.28. The average Bonchev–Trinajstić information content (AvgIpc) is 2.78. The summed E-state index contributed by atoms with van der Waals surface area (Å²) in [5.41, 5.74) is 0.182. The molecule has 8 nitrogen and oxygen atoms in total. The predicted octanol–water partition coefficient (Wildman–Crippen LogP) is 6.44. The van der Waals surface area contributed by atoms with Gasteiger partial charge in [0.05, 0.1) is 0 Å². The van der Waals surface area contributed by atoms with Crippen LogP contribution in [0.2, 0.25) is 0 Å². The van der Waals surface area contributed by atoms with Gasteiger partial charge in [-0.3, -0.25) is 9.59 Å². The Bertz CT molecular complexity index is 1010. The fourth-order valence-electron chi connectivity index (χ4n) is 2.00. The van der Waals surface area contributed by atoms with Gasteiger partial charge in [-0.2, -0.15) is 6.07 Å². The number of benzene rings is 1. The molecule has 14 heteroatoms. The minimum absolute atomic E-state index is 0. The second-order valence-corrected chi connectivity index (χ2v) is 44.0. The van der Waals surface area contributed by atoms with E-state index in [-0.39, 0.29) is 65.7 Å². The SMILES string of the molecule is CC.CC.CC(=O)Nc1c[c-]c(NC(=O)C(C)(C)S(=O)(=O)c2ccccn2)cc1O.[I][V]([I])[I].[Y]. The zero-order chi connectivity index (χ0) is 27.1. The van der Waals surface area contributed by atoms with Crippen LogP contribution in [0.4, 0.5) is 11.4 Å². The number of hydrogen-bond donors (Lipinski definition) is 3. The largest absolute Gasteiger partial charge is 0 e. The summed E-state index contributed by atoms with van der Waals surface area (Å²) < 4.78 is 23.6. The number of carbonyl (C=O) groups excluding carboxylic acids is 2. The molecule has 35 heavy (non-hydrogen) atoms. The number of nitrogens with zero attached hydrogens (tertiary/aromatic N) is 1. The first-order valence-electron chi connectivity index (χ1n) is 10.1. The minimum atomic E-state index is -4.05. The Morgan fingerprint density at radius 2 is 1.60 bits per heavy atom. The topological polar surface area (TPSA) is 125 Å². The van der Waals surface area contributed by atoms with Crippen LogP contribution in [0.25, 0.3) is 0 Å². The second kappa shape index (κ2) is 20.8. The molecule has 0 unspecified atom stereocenters. The Balaban J connectivity index is -0.00000101. The Labute approximate surface area is 271 Å². The molecule has 0 bridgehead atoms. The van der Waals surface area contributed by atoms with Crippen molar-refractivity contribution in [3.8, 4) is 5.75 Å². The number of amides is 2. The number of nitrogens with one attached hydrogen (secondary N) is 2. The third-order valence-corrected chi connectivity index (χ3v) is 5.94. The Hall–Kier alpha value is 0.938. The molecule has 0 fully saturated rings. The molecule has 0 saturated heterocycles. The summed E-state index contributed by atoms with van der Waals surface area (Å²) in [6, 6.07) is 9.48. The average molecular weight is 957 g/mol. The summed E-state index contributed by atoms with van der Waals surface area (Å²) in [6.07, 6.45) is 1.33. The number of pyridine rings is 1. The number of halogens is 3. The second-order valence-electron chi connectivity index (χ2n) is 6.15. The van der Waals surface area contributed by atoms with Gasteiger partial charge in [0, 0.05) is 51.6 Å². The smallest absolute Gasteiger partial charge is 0 e. The van der Waals surface area contributed by atoms with Crippen molar-refractivity contribution in [1.29, 1.82) is 0 Å². The molecular weight excluding hydrogens is 927 g/mol. The van der Waals surface area contributed by atoms with Crippen molar-refractivity contribution >= 4 is 93.0 Å². The molecule has 2 rings (SSSR count). The van der Waals surface area contributed by atoms with E-state index < -0.39 is 20.5 Å². The van der Waals surface area contributed by atoms with Crippen molar-refractivity contribution in [3.05, 3.63) is 42.6 Å². The summed E-state index contributed by atoms with van der Waals surface area (Å²) in [4.78, 5) is 27.1. The van der Waals surface area contributed by atoms with Gasteiger partial charge in [0.15, 0.2) is 9.77 Å². The van der Waals surface area contributed by atoms with Crippen molar-refractivity contribution < 1.29 is 60.7 Å². The maximum Gasteiger partial charge on any atom is 0 e. The van der Waals surface area contributed by atoms with Crippen molar-refractivity contribution in [2.45, 2.75) is 58.2 Å². The predicted molar refractivity (Wildman–Crippen MR) is 160 cm³/mol. The number of aromatic nitrogens is 1. The first-order chi connectivity index (χ1) is 15.8. The zero-order valence-electron chi connectivity index (χ0n) is 20.6. The third-order valence-electron chi connectivity index (χ3n) is 3.62. The van der Waals surface area contributed by atoms with Gasteiger partial charge in [0.25, 0.3) is 0 Å². The fraction of sp³-hybridized carbons (Fsp3) is 0.381. The van der Waals surface area contributed by atoms with E-state index in [0.717, 1.165) is 6.07 Å². The number of rotatable bonds is 5. The van der Waals surface area contributed by atoms with Crippen LogP contribution < -0.4 is 10.6 Å². The van der Waals surface area contributed by atoms with Gasteiger partial charge >= 0.3 is 64.9 Å². The van der Waals surface area contributed by atoms with Crippen LogP contribution in [-0.4, -0.2) is 35.1 Å². The maximum absolute atomic E-state index is 12.7. The standard InChI is InChI=1S/C17H18N3O5S.2C2H6.3HI.V.Y/c1-11(21)19-13-8-7-12(10-14(13)22)20-16(23)17(2,3)26(24,25)15-6-4-5-9-18-15;2*1-2;;;;;/h4-6,8-10,22H,1-3H3,(H,19,21)(H,20,23);2*1-2H3;3*1H;;/q-1;;;;;;+3;/p-3. The first-order valence-corrected chi connectivity index (χ1v) is 25.1. The van der Waals surface area contributed by atoms with E-state index in [1.54, 1.807) is 6.07 Å². The van der Waals surface area contributed by atoms with Crippen molar-refractivity contribution in [3.63, 3.8) is 0 Å². The Kier molecular flexibility index (Phi) is 24.1. The molecule has 1 aromatic heterocycles. The van der Waals surface area contributed by atoms with Crippen LogP contribution in [0.5, 0.6) is 5.75 Å². The van der Waals surface area contributed by atoms with Gasteiger partial charge in [0.2, 0.25) is 21.7 Å². The molecule has 3 N–H and O–H groups in total. The molecular formula is C21H30I3N3O5SVY-. The number of phenolic OH excluding ortho intramolecular Hbond substituents is 1. The number of aromatic hydroxyl groups is 1. The van der Waals surface area contributed by atoms with E-state index in [2.05, 4.69) is 81.6 Å². The number of carbonyl (C=O) groups is 2. The molecule has 0 spiro atoms. The Morgan fingerprint density at radius 1 is 1.09 bits per heavy atom. The van der Waals surface area contributed by atoms with Gasteiger partial charge in [-0.05, 0) is 31.7 Å². The van der Waals surface area contributed by atoms with Crippen molar-refractivity contribution in [2.75, 3.05) is 10.6 Å². The molecule has 0 aliphatic heterocycles. The monoisotopic (exact) mass is 957 g/mol. The summed E-state index contributed by atoms with van der Waals surface area (Å²) in [5, 5.41) is 14.5.